The van der Waals surface area contributed by atoms with E-state index < -0.39 is 24.0 Å². The Balaban J connectivity index is 1.59. The van der Waals surface area contributed by atoms with Crippen molar-refractivity contribution in [2.24, 2.45) is 11.7 Å². The maximum Gasteiger partial charge on any atom is 0.393 e. The first kappa shape index (κ1) is 25.7. The maximum absolute atomic E-state index is 13.4. The van der Waals surface area contributed by atoms with Crippen LogP contribution in [0.15, 0.2) is 35.0 Å². The van der Waals surface area contributed by atoms with Gasteiger partial charge in [0.05, 0.1) is 23.5 Å². The number of aryl methyl sites for hydroxylation is 1. The van der Waals surface area contributed by atoms with Gasteiger partial charge < -0.3 is 31.0 Å². The fraction of sp³-hybridized carbons (Fsp3) is 0.458. The van der Waals surface area contributed by atoms with E-state index in [1.165, 1.54) is 17.3 Å². The van der Waals surface area contributed by atoms with E-state index in [1.54, 1.807) is 12.1 Å². The van der Waals surface area contributed by atoms with Crippen molar-refractivity contribution < 1.29 is 22.4 Å². The third kappa shape index (κ3) is 5.71. The lowest BCUT2D eigenvalue weighted by Crippen LogP contribution is -2.51. The standard InChI is InChI=1S/C24H30F3N7O2/c1-33(2)9-3-4-16-5-6-19-21(31-16)20(22(29)36-19)23(35)32-17-11-30-8-7-18(17)34-12-14(24(25,26)27)10-15(28)13-34/h5-8,11,14-15H,3-4,9-10,12-13,28-29H2,1-2H3,(H,32,35)/t14-,15+/m1/s1. The summed E-state index contributed by atoms with van der Waals surface area (Å²) in [6, 6.07) is 4.45. The lowest BCUT2D eigenvalue weighted by atomic mass is 9.93. The number of nitrogen functional groups attached to an aromatic ring is 1. The van der Waals surface area contributed by atoms with Crippen LogP contribution in [0.4, 0.5) is 30.4 Å². The largest absolute Gasteiger partial charge is 0.438 e. The predicted octanol–water partition coefficient (Wildman–Crippen LogP) is 3.27. The van der Waals surface area contributed by atoms with E-state index in [2.05, 4.69) is 20.2 Å². The van der Waals surface area contributed by atoms with Gasteiger partial charge in [0.25, 0.3) is 5.91 Å². The summed E-state index contributed by atoms with van der Waals surface area (Å²) >= 11 is 0. The Morgan fingerprint density at radius 3 is 2.78 bits per heavy atom. The normalized spacial score (nSPS) is 18.7. The lowest BCUT2D eigenvalue weighted by Gasteiger charge is -2.39. The zero-order valence-electron chi connectivity index (χ0n) is 20.2. The highest BCUT2D eigenvalue weighted by atomic mass is 19.4. The van der Waals surface area contributed by atoms with Crippen LogP contribution in [0.1, 0.15) is 28.9 Å². The third-order valence-corrected chi connectivity index (χ3v) is 6.22. The molecule has 2 atom stereocenters. The Bertz CT molecular complexity index is 1230. The monoisotopic (exact) mass is 505 g/mol. The Labute approximate surface area is 206 Å². The van der Waals surface area contributed by atoms with Crippen LogP contribution < -0.4 is 21.7 Å². The summed E-state index contributed by atoms with van der Waals surface area (Å²) in [5.41, 5.74) is 14.2. The number of rotatable bonds is 7. The van der Waals surface area contributed by atoms with E-state index in [-0.39, 0.29) is 36.6 Å². The molecule has 3 aromatic rings. The Morgan fingerprint density at radius 2 is 2.06 bits per heavy atom. The molecule has 1 saturated heterocycles. The molecule has 0 aliphatic carbocycles. The highest BCUT2D eigenvalue weighted by molar-refractivity contribution is 6.15. The van der Waals surface area contributed by atoms with Crippen molar-refractivity contribution in [2.45, 2.75) is 31.5 Å². The second kappa shape index (κ2) is 10.3. The zero-order chi connectivity index (χ0) is 26.0. The molecule has 1 fully saturated rings. The molecule has 36 heavy (non-hydrogen) atoms. The summed E-state index contributed by atoms with van der Waals surface area (Å²) < 4.78 is 45.9. The molecule has 9 nitrogen and oxygen atoms in total. The van der Waals surface area contributed by atoms with Crippen molar-refractivity contribution in [3.8, 4) is 0 Å². The van der Waals surface area contributed by atoms with E-state index in [0.29, 0.717) is 23.2 Å². The van der Waals surface area contributed by atoms with Gasteiger partial charge in [0.2, 0.25) is 5.88 Å². The highest BCUT2D eigenvalue weighted by Crippen LogP contribution is 2.37. The summed E-state index contributed by atoms with van der Waals surface area (Å²) in [6.45, 7) is 0.840. The Kier molecular flexibility index (Phi) is 7.36. The number of nitrogens with zero attached hydrogens (tertiary/aromatic N) is 4. The number of halogens is 3. The van der Waals surface area contributed by atoms with Gasteiger partial charge in [-0.25, -0.2) is 4.98 Å². The van der Waals surface area contributed by atoms with E-state index in [4.69, 9.17) is 15.9 Å². The number of anilines is 3. The zero-order valence-corrected chi connectivity index (χ0v) is 20.2. The average molecular weight is 506 g/mol. The van der Waals surface area contributed by atoms with Crippen LogP contribution in [0, 0.1) is 5.92 Å². The van der Waals surface area contributed by atoms with Gasteiger partial charge in [0, 0.05) is 31.0 Å². The summed E-state index contributed by atoms with van der Waals surface area (Å²) in [5, 5.41) is 2.74. The summed E-state index contributed by atoms with van der Waals surface area (Å²) in [6.07, 6.45) is -0.0794. The van der Waals surface area contributed by atoms with Gasteiger partial charge in [-0.3, -0.25) is 9.78 Å². The van der Waals surface area contributed by atoms with Crippen molar-refractivity contribution in [1.29, 1.82) is 0 Å². The number of alkyl halides is 3. The minimum Gasteiger partial charge on any atom is -0.438 e. The first-order chi connectivity index (χ1) is 17.0. The van der Waals surface area contributed by atoms with Gasteiger partial charge >= 0.3 is 6.18 Å². The molecule has 5 N–H and O–H groups in total. The molecule has 1 aliphatic rings. The third-order valence-electron chi connectivity index (χ3n) is 6.22. The van der Waals surface area contributed by atoms with Gasteiger partial charge in [-0.15, -0.1) is 0 Å². The number of furan rings is 1. The number of aromatic nitrogens is 2. The molecule has 4 heterocycles. The summed E-state index contributed by atoms with van der Waals surface area (Å²) in [5.74, 6) is -2.25. The van der Waals surface area contributed by atoms with Crippen molar-refractivity contribution >= 4 is 34.3 Å². The fourth-order valence-electron chi connectivity index (χ4n) is 4.49. The van der Waals surface area contributed by atoms with Crippen LogP contribution in [0.3, 0.4) is 0 Å². The molecular weight excluding hydrogens is 475 g/mol. The number of hydrogen-bond donors (Lipinski definition) is 3. The minimum absolute atomic E-state index is 0.0674. The highest BCUT2D eigenvalue weighted by Gasteiger charge is 2.44. The summed E-state index contributed by atoms with van der Waals surface area (Å²) in [4.78, 5) is 25.5. The second-order valence-corrected chi connectivity index (χ2v) is 9.38. The lowest BCUT2D eigenvalue weighted by molar-refractivity contribution is -0.177. The van der Waals surface area contributed by atoms with Crippen molar-refractivity contribution in [3.05, 3.63) is 41.9 Å². The first-order valence-corrected chi connectivity index (χ1v) is 11.7. The van der Waals surface area contributed by atoms with E-state index in [9.17, 15) is 18.0 Å². The molecule has 194 valence electrons. The molecule has 0 spiro atoms. The number of nitrogens with one attached hydrogen (secondary N) is 1. The van der Waals surface area contributed by atoms with Crippen LogP contribution in [-0.4, -0.2) is 66.7 Å². The van der Waals surface area contributed by atoms with Crippen molar-refractivity contribution in [3.63, 3.8) is 0 Å². The van der Waals surface area contributed by atoms with Crippen LogP contribution >= 0.6 is 0 Å². The maximum atomic E-state index is 13.4. The molecule has 0 bridgehead atoms. The smallest absolute Gasteiger partial charge is 0.393 e. The molecule has 0 saturated carbocycles. The summed E-state index contributed by atoms with van der Waals surface area (Å²) in [7, 11) is 3.98. The number of carbonyl (C=O) groups excluding carboxylic acids is 1. The number of piperidine rings is 1. The molecule has 12 heteroatoms. The number of pyridine rings is 2. The molecule has 3 aromatic heterocycles. The minimum atomic E-state index is -4.37. The molecule has 4 rings (SSSR count). The molecule has 1 aliphatic heterocycles. The van der Waals surface area contributed by atoms with Crippen LogP contribution in [0.2, 0.25) is 0 Å². The molecule has 1 amide bonds. The number of nitrogens with two attached hydrogens (primary N) is 2. The van der Waals surface area contributed by atoms with E-state index in [0.717, 1.165) is 18.7 Å². The van der Waals surface area contributed by atoms with Crippen molar-refractivity contribution in [1.82, 2.24) is 14.9 Å². The molecule has 0 unspecified atom stereocenters. The SMILES string of the molecule is CN(C)CCCc1ccc2oc(N)c(C(=O)Nc3cnccc3N3C[C@@H](N)C[C@@H](C(F)(F)F)C3)c2n1. The van der Waals surface area contributed by atoms with E-state index in [1.807, 2.05) is 20.2 Å². The topological polar surface area (TPSA) is 127 Å². The van der Waals surface area contributed by atoms with Gasteiger partial charge in [-0.2, -0.15) is 13.2 Å². The number of amides is 1. The number of hydrogen-bond acceptors (Lipinski definition) is 8. The quantitative estimate of drug-likeness (QED) is 0.447. The van der Waals surface area contributed by atoms with Gasteiger partial charge in [-0.1, -0.05) is 0 Å². The molecule has 0 radical (unpaired) electrons. The average Bonchev–Trinajstić information content (AvgIpc) is 3.13. The first-order valence-electron chi connectivity index (χ1n) is 11.7. The van der Waals surface area contributed by atoms with Crippen LogP contribution in [0.5, 0.6) is 0 Å². The van der Waals surface area contributed by atoms with Crippen LogP contribution in [0.25, 0.3) is 11.1 Å². The number of fused-ring (bicyclic) bond motifs is 1. The van der Waals surface area contributed by atoms with Gasteiger partial charge in [-0.05, 0) is 58.1 Å². The molecule has 0 aromatic carbocycles. The van der Waals surface area contributed by atoms with Gasteiger partial charge in [0.15, 0.2) is 5.58 Å². The van der Waals surface area contributed by atoms with Crippen molar-refractivity contribution in [2.75, 3.05) is 49.7 Å². The Hall–Kier alpha value is -3.38. The second-order valence-electron chi connectivity index (χ2n) is 9.38. The fourth-order valence-corrected chi connectivity index (χ4v) is 4.49. The Morgan fingerprint density at radius 1 is 1.28 bits per heavy atom. The number of carbonyl (C=O) groups is 1. The molecular formula is C24H30F3N7O2. The van der Waals surface area contributed by atoms with Crippen LogP contribution in [-0.2, 0) is 6.42 Å². The van der Waals surface area contributed by atoms with E-state index >= 15 is 0 Å². The van der Waals surface area contributed by atoms with Gasteiger partial charge in [0.1, 0.15) is 11.1 Å². The predicted molar refractivity (Wildman–Crippen MR) is 132 cm³/mol.